The van der Waals surface area contributed by atoms with Gasteiger partial charge in [-0.2, -0.15) is 5.10 Å². The van der Waals surface area contributed by atoms with Gasteiger partial charge in [0.2, 0.25) is 0 Å². The summed E-state index contributed by atoms with van der Waals surface area (Å²) in [5.41, 5.74) is 9.16. The molecule has 3 nitrogen and oxygen atoms in total. The molecule has 1 heterocycles. The lowest BCUT2D eigenvalue weighted by atomic mass is 10.00. The number of aromatic nitrogens is 2. The number of rotatable bonds is 1. The number of halogens is 1. The molecule has 0 aliphatic rings. The van der Waals surface area contributed by atoms with Crippen molar-refractivity contribution in [2.75, 3.05) is 5.73 Å². The predicted molar refractivity (Wildman–Crippen MR) is 62.5 cm³/mol. The van der Waals surface area contributed by atoms with Gasteiger partial charge in [0.15, 0.2) is 0 Å². The number of hydrogen-bond acceptors (Lipinski definition) is 2. The van der Waals surface area contributed by atoms with Gasteiger partial charge in [0, 0.05) is 12.6 Å². The van der Waals surface area contributed by atoms with E-state index in [1.807, 2.05) is 6.92 Å². The van der Waals surface area contributed by atoms with Crippen LogP contribution >= 0.6 is 0 Å². The third kappa shape index (κ3) is 1.56. The Kier molecular flexibility index (Phi) is 2.42. The molecule has 0 radical (unpaired) electrons. The van der Waals surface area contributed by atoms with Crippen LogP contribution in [0.15, 0.2) is 18.3 Å². The molecule has 2 aromatic rings. The van der Waals surface area contributed by atoms with Crippen molar-refractivity contribution in [3.05, 3.63) is 35.3 Å². The van der Waals surface area contributed by atoms with E-state index < -0.39 is 0 Å². The van der Waals surface area contributed by atoms with Crippen LogP contribution in [-0.4, -0.2) is 9.78 Å². The Hall–Kier alpha value is -1.84. The van der Waals surface area contributed by atoms with E-state index in [0.29, 0.717) is 11.4 Å². The summed E-state index contributed by atoms with van der Waals surface area (Å²) in [5, 5.41) is 4.08. The maximum Gasteiger partial charge on any atom is 0.129 e. The van der Waals surface area contributed by atoms with Gasteiger partial charge in [-0.05, 0) is 42.7 Å². The summed E-state index contributed by atoms with van der Waals surface area (Å²) in [6.07, 6.45) is 1.70. The molecule has 0 unspecified atom stereocenters. The van der Waals surface area contributed by atoms with Crippen molar-refractivity contribution in [1.82, 2.24) is 9.78 Å². The standard InChI is InChI=1S/C12H14FN3/c1-7-5-11(13)8(2)4-9(7)10-6-15-16(3)12(10)14/h4-6H,14H2,1-3H3. The fourth-order valence-electron chi connectivity index (χ4n) is 1.73. The summed E-state index contributed by atoms with van der Waals surface area (Å²) in [6, 6.07) is 3.33. The number of benzene rings is 1. The van der Waals surface area contributed by atoms with E-state index in [2.05, 4.69) is 5.10 Å². The first-order valence-corrected chi connectivity index (χ1v) is 5.05. The van der Waals surface area contributed by atoms with Gasteiger partial charge < -0.3 is 5.73 Å². The van der Waals surface area contributed by atoms with Crippen molar-refractivity contribution in [2.45, 2.75) is 13.8 Å². The highest BCUT2D eigenvalue weighted by molar-refractivity contribution is 5.76. The molecule has 0 amide bonds. The van der Waals surface area contributed by atoms with Crippen LogP contribution in [0.2, 0.25) is 0 Å². The van der Waals surface area contributed by atoms with Crippen LogP contribution in [0.1, 0.15) is 11.1 Å². The molecule has 0 fully saturated rings. The molecule has 16 heavy (non-hydrogen) atoms. The lowest BCUT2D eigenvalue weighted by Crippen LogP contribution is -1.99. The first kappa shape index (κ1) is 10.7. The zero-order valence-corrected chi connectivity index (χ0v) is 9.58. The topological polar surface area (TPSA) is 43.8 Å². The second-order valence-electron chi connectivity index (χ2n) is 3.98. The third-order valence-corrected chi connectivity index (χ3v) is 2.78. The molecular formula is C12H14FN3. The molecule has 0 bridgehead atoms. The van der Waals surface area contributed by atoms with Crippen LogP contribution < -0.4 is 5.73 Å². The fraction of sp³-hybridized carbons (Fsp3) is 0.250. The number of nitrogens with two attached hydrogens (primary N) is 1. The molecule has 4 heteroatoms. The van der Waals surface area contributed by atoms with Gasteiger partial charge in [0.25, 0.3) is 0 Å². The number of hydrogen-bond donors (Lipinski definition) is 1. The maximum absolute atomic E-state index is 13.3. The fourth-order valence-corrected chi connectivity index (χ4v) is 1.73. The molecule has 0 atom stereocenters. The molecule has 2 rings (SSSR count). The van der Waals surface area contributed by atoms with Crippen LogP contribution in [0.25, 0.3) is 11.1 Å². The second kappa shape index (κ2) is 3.63. The van der Waals surface area contributed by atoms with E-state index in [4.69, 9.17) is 5.73 Å². The van der Waals surface area contributed by atoms with Gasteiger partial charge in [-0.1, -0.05) is 0 Å². The van der Waals surface area contributed by atoms with E-state index in [1.165, 1.54) is 6.07 Å². The smallest absolute Gasteiger partial charge is 0.129 e. The van der Waals surface area contributed by atoms with Crippen LogP contribution in [0.4, 0.5) is 10.2 Å². The highest BCUT2D eigenvalue weighted by atomic mass is 19.1. The molecular weight excluding hydrogens is 205 g/mol. The highest BCUT2D eigenvalue weighted by Crippen LogP contribution is 2.29. The maximum atomic E-state index is 13.3. The van der Waals surface area contributed by atoms with Gasteiger partial charge >= 0.3 is 0 Å². The third-order valence-electron chi connectivity index (χ3n) is 2.78. The van der Waals surface area contributed by atoms with Crippen LogP contribution in [0.3, 0.4) is 0 Å². The van der Waals surface area contributed by atoms with Gasteiger partial charge in [0.05, 0.1) is 6.20 Å². The second-order valence-corrected chi connectivity index (χ2v) is 3.98. The van der Waals surface area contributed by atoms with Crippen molar-refractivity contribution in [3.63, 3.8) is 0 Å². The molecule has 0 aliphatic carbocycles. The molecule has 1 aromatic carbocycles. The SMILES string of the molecule is Cc1cc(-c2cnn(C)c2N)c(C)cc1F. The first-order chi connectivity index (χ1) is 7.50. The zero-order chi connectivity index (χ0) is 11.9. The molecule has 2 N–H and O–H groups in total. The lowest BCUT2D eigenvalue weighted by Gasteiger charge is -2.07. The quantitative estimate of drug-likeness (QED) is 0.800. The van der Waals surface area contributed by atoms with E-state index in [-0.39, 0.29) is 5.82 Å². The Morgan fingerprint density at radius 3 is 2.44 bits per heavy atom. The number of nitrogens with zero attached hydrogens (tertiary/aromatic N) is 2. The predicted octanol–water partition coefficient (Wildman–Crippen LogP) is 2.43. The van der Waals surface area contributed by atoms with E-state index in [0.717, 1.165) is 16.7 Å². The Morgan fingerprint density at radius 1 is 1.19 bits per heavy atom. The first-order valence-electron chi connectivity index (χ1n) is 5.05. The summed E-state index contributed by atoms with van der Waals surface area (Å²) in [4.78, 5) is 0. The molecule has 0 saturated heterocycles. The molecule has 0 aliphatic heterocycles. The summed E-state index contributed by atoms with van der Waals surface area (Å²) < 4.78 is 14.9. The molecule has 1 aromatic heterocycles. The summed E-state index contributed by atoms with van der Waals surface area (Å²) in [6.45, 7) is 3.61. The Bertz CT molecular complexity index is 543. The van der Waals surface area contributed by atoms with E-state index in [9.17, 15) is 4.39 Å². The van der Waals surface area contributed by atoms with Gasteiger partial charge in [0.1, 0.15) is 11.6 Å². The zero-order valence-electron chi connectivity index (χ0n) is 9.58. The van der Waals surface area contributed by atoms with Crippen molar-refractivity contribution >= 4 is 5.82 Å². The Balaban J connectivity index is 2.65. The molecule has 84 valence electrons. The highest BCUT2D eigenvalue weighted by Gasteiger charge is 2.11. The average molecular weight is 219 g/mol. The normalized spacial score (nSPS) is 10.8. The largest absolute Gasteiger partial charge is 0.383 e. The Morgan fingerprint density at radius 2 is 1.88 bits per heavy atom. The summed E-state index contributed by atoms with van der Waals surface area (Å²) >= 11 is 0. The molecule has 0 spiro atoms. The minimum atomic E-state index is -0.191. The lowest BCUT2D eigenvalue weighted by molar-refractivity contribution is 0.617. The van der Waals surface area contributed by atoms with Gasteiger partial charge in [-0.25, -0.2) is 4.39 Å². The number of anilines is 1. The van der Waals surface area contributed by atoms with E-state index >= 15 is 0 Å². The van der Waals surface area contributed by atoms with Crippen LogP contribution in [0, 0.1) is 19.7 Å². The number of aryl methyl sites for hydroxylation is 3. The van der Waals surface area contributed by atoms with Crippen molar-refractivity contribution in [3.8, 4) is 11.1 Å². The van der Waals surface area contributed by atoms with E-state index in [1.54, 1.807) is 30.9 Å². The minimum Gasteiger partial charge on any atom is -0.383 e. The van der Waals surface area contributed by atoms with Crippen molar-refractivity contribution in [2.24, 2.45) is 7.05 Å². The van der Waals surface area contributed by atoms with Crippen LogP contribution in [0.5, 0.6) is 0 Å². The summed E-state index contributed by atoms with van der Waals surface area (Å²) in [5.74, 6) is 0.401. The molecule has 0 saturated carbocycles. The number of nitrogen functional groups attached to an aromatic ring is 1. The van der Waals surface area contributed by atoms with Gasteiger partial charge in [-0.3, -0.25) is 4.68 Å². The van der Waals surface area contributed by atoms with Gasteiger partial charge in [-0.15, -0.1) is 0 Å². The minimum absolute atomic E-state index is 0.191. The van der Waals surface area contributed by atoms with Crippen molar-refractivity contribution in [1.29, 1.82) is 0 Å². The van der Waals surface area contributed by atoms with Crippen molar-refractivity contribution < 1.29 is 4.39 Å². The average Bonchev–Trinajstić information content (AvgIpc) is 2.54. The Labute approximate surface area is 93.7 Å². The summed E-state index contributed by atoms with van der Waals surface area (Å²) in [7, 11) is 1.78. The van der Waals surface area contributed by atoms with Crippen LogP contribution in [-0.2, 0) is 7.05 Å². The monoisotopic (exact) mass is 219 g/mol.